The number of fused-ring (bicyclic) bond motifs is 1. The minimum absolute atomic E-state index is 0.435. The van der Waals surface area contributed by atoms with Crippen LogP contribution in [0.15, 0.2) is 79.4 Å². The standard InChI is InChI=1S/C25H25N5O/c26-25(31)24(23-8-7-20-3-1-2-4-22(20)30-23)29-16-12-19-11-15-28-17-21(19)6-5-18-9-13-27-14-10-18/h1-4,7-11,13-15,17,24,29H,5-6,12,16H2,(H2,26,31). The van der Waals surface area contributed by atoms with Crippen molar-refractivity contribution in [3.8, 4) is 0 Å². The fourth-order valence-electron chi connectivity index (χ4n) is 3.70. The third-order valence-corrected chi connectivity index (χ3v) is 5.38. The van der Waals surface area contributed by atoms with Gasteiger partial charge in [-0.15, -0.1) is 0 Å². The summed E-state index contributed by atoms with van der Waals surface area (Å²) in [7, 11) is 0. The average Bonchev–Trinajstić information content (AvgIpc) is 2.81. The summed E-state index contributed by atoms with van der Waals surface area (Å²) in [5.74, 6) is -0.435. The number of carbonyl (C=O) groups excluding carboxylic acids is 1. The molecule has 3 N–H and O–H groups in total. The van der Waals surface area contributed by atoms with Gasteiger partial charge in [0.05, 0.1) is 11.2 Å². The minimum Gasteiger partial charge on any atom is -0.368 e. The number of carbonyl (C=O) groups is 1. The van der Waals surface area contributed by atoms with Crippen LogP contribution in [0.5, 0.6) is 0 Å². The highest BCUT2D eigenvalue weighted by molar-refractivity contribution is 5.83. The normalized spacial score (nSPS) is 12.0. The van der Waals surface area contributed by atoms with Crippen LogP contribution in [-0.4, -0.2) is 27.4 Å². The Hall–Kier alpha value is -3.64. The minimum atomic E-state index is -0.633. The molecule has 1 unspecified atom stereocenters. The molecule has 1 amide bonds. The number of nitrogens with zero attached hydrogens (tertiary/aromatic N) is 3. The number of nitrogens with two attached hydrogens (primary N) is 1. The van der Waals surface area contributed by atoms with Crippen LogP contribution in [0.25, 0.3) is 10.9 Å². The number of primary amides is 1. The molecule has 1 atom stereocenters. The number of aryl methyl sites for hydroxylation is 2. The predicted molar refractivity (Wildman–Crippen MR) is 121 cm³/mol. The summed E-state index contributed by atoms with van der Waals surface area (Å²) in [4.78, 5) is 25.1. The molecule has 0 saturated heterocycles. The van der Waals surface area contributed by atoms with Gasteiger partial charge >= 0.3 is 0 Å². The predicted octanol–water partition coefficient (Wildman–Crippen LogP) is 3.17. The number of nitrogens with one attached hydrogen (secondary N) is 1. The Morgan fingerprint density at radius 2 is 1.68 bits per heavy atom. The highest BCUT2D eigenvalue weighted by Gasteiger charge is 2.19. The van der Waals surface area contributed by atoms with Crippen molar-refractivity contribution < 1.29 is 4.79 Å². The first-order chi connectivity index (χ1) is 15.2. The largest absolute Gasteiger partial charge is 0.368 e. The van der Waals surface area contributed by atoms with E-state index >= 15 is 0 Å². The molecule has 0 radical (unpaired) electrons. The number of amides is 1. The third kappa shape index (κ3) is 5.29. The monoisotopic (exact) mass is 411 g/mol. The van der Waals surface area contributed by atoms with Crippen LogP contribution in [0.2, 0.25) is 0 Å². The zero-order chi connectivity index (χ0) is 21.5. The Morgan fingerprint density at radius 1 is 0.871 bits per heavy atom. The smallest absolute Gasteiger partial charge is 0.240 e. The van der Waals surface area contributed by atoms with E-state index in [1.54, 1.807) is 0 Å². The van der Waals surface area contributed by atoms with Gasteiger partial charge in [-0.3, -0.25) is 19.7 Å². The molecule has 1 aromatic carbocycles. The quantitative estimate of drug-likeness (QED) is 0.441. The second kappa shape index (κ2) is 9.91. The molecule has 0 spiro atoms. The molecule has 0 aliphatic heterocycles. The molecule has 3 aromatic heterocycles. The highest BCUT2D eigenvalue weighted by Crippen LogP contribution is 2.17. The molecule has 4 rings (SSSR count). The fourth-order valence-corrected chi connectivity index (χ4v) is 3.70. The summed E-state index contributed by atoms with van der Waals surface area (Å²) < 4.78 is 0. The van der Waals surface area contributed by atoms with Crippen LogP contribution >= 0.6 is 0 Å². The average molecular weight is 412 g/mol. The Morgan fingerprint density at radius 3 is 2.52 bits per heavy atom. The van der Waals surface area contributed by atoms with Crippen LogP contribution in [-0.2, 0) is 24.1 Å². The summed E-state index contributed by atoms with van der Waals surface area (Å²) in [6.45, 7) is 0.606. The summed E-state index contributed by atoms with van der Waals surface area (Å²) >= 11 is 0. The van der Waals surface area contributed by atoms with Crippen molar-refractivity contribution in [2.75, 3.05) is 6.54 Å². The summed E-state index contributed by atoms with van der Waals surface area (Å²) in [5.41, 5.74) is 10.8. The molecule has 0 aliphatic rings. The first-order valence-electron chi connectivity index (χ1n) is 10.4. The van der Waals surface area contributed by atoms with Gasteiger partial charge in [0, 0.05) is 36.7 Å². The van der Waals surface area contributed by atoms with Gasteiger partial charge in [0.1, 0.15) is 6.04 Å². The molecule has 31 heavy (non-hydrogen) atoms. The topological polar surface area (TPSA) is 93.8 Å². The van der Waals surface area contributed by atoms with Crippen LogP contribution < -0.4 is 11.1 Å². The van der Waals surface area contributed by atoms with Gasteiger partial charge in [0.25, 0.3) is 0 Å². The van der Waals surface area contributed by atoms with E-state index in [-0.39, 0.29) is 0 Å². The summed E-state index contributed by atoms with van der Waals surface area (Å²) in [6.07, 6.45) is 9.96. The highest BCUT2D eigenvalue weighted by atomic mass is 16.1. The van der Waals surface area contributed by atoms with Gasteiger partial charge in [-0.2, -0.15) is 0 Å². The maximum Gasteiger partial charge on any atom is 0.240 e. The molecule has 0 saturated carbocycles. The van der Waals surface area contributed by atoms with Crippen molar-refractivity contribution in [3.63, 3.8) is 0 Å². The van der Waals surface area contributed by atoms with Crippen molar-refractivity contribution in [2.45, 2.75) is 25.3 Å². The molecule has 0 fully saturated rings. The number of rotatable bonds is 9. The Kier molecular flexibility index (Phi) is 6.59. The molecule has 6 heteroatoms. The van der Waals surface area contributed by atoms with E-state index in [9.17, 15) is 4.79 Å². The number of hydrogen-bond acceptors (Lipinski definition) is 5. The van der Waals surface area contributed by atoms with Gasteiger partial charge in [-0.05, 0) is 66.3 Å². The van der Waals surface area contributed by atoms with Crippen LogP contribution in [0.4, 0.5) is 0 Å². The lowest BCUT2D eigenvalue weighted by Crippen LogP contribution is -2.35. The van der Waals surface area contributed by atoms with Gasteiger partial charge in [-0.1, -0.05) is 24.3 Å². The van der Waals surface area contributed by atoms with Crippen LogP contribution in [0.1, 0.15) is 28.4 Å². The number of benzene rings is 1. The number of para-hydroxylation sites is 1. The fraction of sp³-hybridized carbons (Fsp3) is 0.200. The van der Waals surface area contributed by atoms with E-state index in [1.807, 2.05) is 79.4 Å². The van der Waals surface area contributed by atoms with E-state index in [4.69, 9.17) is 5.73 Å². The van der Waals surface area contributed by atoms with Crippen molar-refractivity contribution in [2.24, 2.45) is 5.73 Å². The Labute approximate surface area is 181 Å². The van der Waals surface area contributed by atoms with Gasteiger partial charge in [-0.25, -0.2) is 0 Å². The molecule has 3 heterocycles. The second-order valence-electron chi connectivity index (χ2n) is 7.47. The van der Waals surface area contributed by atoms with E-state index in [2.05, 4.69) is 20.3 Å². The van der Waals surface area contributed by atoms with Gasteiger partial charge in [0.15, 0.2) is 0 Å². The lowest BCUT2D eigenvalue weighted by Gasteiger charge is -2.16. The maximum absolute atomic E-state index is 12.1. The number of aromatic nitrogens is 3. The number of hydrogen-bond donors (Lipinski definition) is 2. The Balaban J connectivity index is 1.41. The van der Waals surface area contributed by atoms with Crippen molar-refractivity contribution in [3.05, 3.63) is 102 Å². The molecular weight excluding hydrogens is 386 g/mol. The van der Waals surface area contributed by atoms with E-state index in [1.165, 1.54) is 16.7 Å². The van der Waals surface area contributed by atoms with E-state index < -0.39 is 11.9 Å². The molecule has 0 aliphatic carbocycles. The van der Waals surface area contributed by atoms with Crippen LogP contribution in [0, 0.1) is 0 Å². The molecule has 4 aromatic rings. The second-order valence-corrected chi connectivity index (χ2v) is 7.47. The first-order valence-corrected chi connectivity index (χ1v) is 10.4. The van der Waals surface area contributed by atoms with Crippen LogP contribution in [0.3, 0.4) is 0 Å². The summed E-state index contributed by atoms with van der Waals surface area (Å²) in [5, 5.41) is 4.32. The van der Waals surface area contributed by atoms with Crippen molar-refractivity contribution in [1.82, 2.24) is 20.3 Å². The van der Waals surface area contributed by atoms with Crippen molar-refractivity contribution >= 4 is 16.8 Å². The third-order valence-electron chi connectivity index (χ3n) is 5.38. The lowest BCUT2D eigenvalue weighted by molar-refractivity contribution is -0.120. The molecule has 6 nitrogen and oxygen atoms in total. The first kappa shape index (κ1) is 20.6. The zero-order valence-corrected chi connectivity index (χ0v) is 17.2. The Bertz CT molecular complexity index is 1160. The molecule has 0 bridgehead atoms. The van der Waals surface area contributed by atoms with Crippen molar-refractivity contribution in [1.29, 1.82) is 0 Å². The van der Waals surface area contributed by atoms with Gasteiger partial charge < -0.3 is 11.1 Å². The van der Waals surface area contributed by atoms with E-state index in [0.717, 1.165) is 30.2 Å². The zero-order valence-electron chi connectivity index (χ0n) is 17.2. The molecule has 156 valence electrons. The summed E-state index contributed by atoms with van der Waals surface area (Å²) in [6, 6.07) is 17.1. The van der Waals surface area contributed by atoms with E-state index in [0.29, 0.717) is 12.2 Å². The lowest BCUT2D eigenvalue weighted by atomic mass is 10.0. The number of pyridine rings is 3. The maximum atomic E-state index is 12.1. The van der Waals surface area contributed by atoms with Gasteiger partial charge in [0.2, 0.25) is 5.91 Å². The molecular formula is C25H25N5O. The SMILES string of the molecule is NC(=O)C(NCCc1ccncc1CCc1ccncc1)c1ccc2ccccc2n1.